The number of benzene rings is 2. The summed E-state index contributed by atoms with van der Waals surface area (Å²) in [7, 11) is 1.62. The Hall–Kier alpha value is -3.37. The number of fused-ring (bicyclic) bond motifs is 1. The number of carbonyl (C=O) groups is 1. The molecule has 3 aromatic rings. The van der Waals surface area contributed by atoms with Crippen LogP contribution in [0.15, 0.2) is 42.6 Å². The summed E-state index contributed by atoms with van der Waals surface area (Å²) in [4.78, 5) is 18.5. The van der Waals surface area contributed by atoms with Gasteiger partial charge in [-0.15, -0.1) is 11.3 Å². The van der Waals surface area contributed by atoms with Crippen LogP contribution < -0.4 is 4.74 Å². The SMILES string of the molecule is CC(C)Oc1ccc(-c2ncc(-c3cccc4c3CC[C@@H]4N(C)C(=O)O)s2)cc1C#N. The van der Waals surface area contributed by atoms with Gasteiger partial charge in [-0.05, 0) is 61.6 Å². The van der Waals surface area contributed by atoms with Crippen molar-refractivity contribution in [2.24, 2.45) is 0 Å². The lowest BCUT2D eigenvalue weighted by Crippen LogP contribution is -2.28. The fraction of sp³-hybridized carbons (Fsp3) is 0.292. The van der Waals surface area contributed by atoms with Crippen LogP contribution in [0.4, 0.5) is 4.79 Å². The number of rotatable bonds is 5. The lowest BCUT2D eigenvalue weighted by molar-refractivity contribution is 0.138. The summed E-state index contributed by atoms with van der Waals surface area (Å²) in [6.07, 6.45) is 2.55. The second-order valence-corrected chi connectivity index (χ2v) is 8.87. The Labute approximate surface area is 185 Å². The molecule has 2 aromatic carbocycles. The second kappa shape index (κ2) is 8.40. The molecule has 0 saturated heterocycles. The molecule has 7 heteroatoms. The van der Waals surface area contributed by atoms with Crippen LogP contribution in [0.25, 0.3) is 21.0 Å². The summed E-state index contributed by atoms with van der Waals surface area (Å²) in [6.45, 7) is 3.86. The van der Waals surface area contributed by atoms with Crippen LogP contribution in [0.1, 0.15) is 43.0 Å². The van der Waals surface area contributed by atoms with Crippen LogP contribution >= 0.6 is 11.3 Å². The van der Waals surface area contributed by atoms with Crippen LogP contribution in [0.3, 0.4) is 0 Å². The standard InChI is InChI=1S/C24H23N3O3S/c1-14(2)30-21-10-7-15(11-16(21)12-25)23-26-13-22(31-23)19-6-4-5-18-17(19)8-9-20(18)27(3)24(28)29/h4-7,10-11,13-14,20H,8-9H2,1-3H3,(H,28,29)/t20-/m0/s1. The quantitative estimate of drug-likeness (QED) is 0.555. The molecule has 0 saturated carbocycles. The maximum Gasteiger partial charge on any atom is 0.407 e. The smallest absolute Gasteiger partial charge is 0.407 e. The molecule has 0 radical (unpaired) electrons. The first-order chi connectivity index (χ1) is 14.9. The fourth-order valence-electron chi connectivity index (χ4n) is 4.04. The summed E-state index contributed by atoms with van der Waals surface area (Å²) in [5.41, 5.74) is 4.72. The average molecular weight is 434 g/mol. The van der Waals surface area contributed by atoms with E-state index in [4.69, 9.17) is 4.74 Å². The van der Waals surface area contributed by atoms with E-state index >= 15 is 0 Å². The van der Waals surface area contributed by atoms with Gasteiger partial charge in [0.15, 0.2) is 0 Å². The Balaban J connectivity index is 1.67. The van der Waals surface area contributed by atoms with Crippen molar-refractivity contribution < 1.29 is 14.6 Å². The minimum absolute atomic E-state index is 0.00594. The second-order valence-electron chi connectivity index (χ2n) is 7.84. The van der Waals surface area contributed by atoms with Gasteiger partial charge in [0.2, 0.25) is 0 Å². The highest BCUT2D eigenvalue weighted by Crippen LogP contribution is 2.42. The zero-order chi connectivity index (χ0) is 22.1. The van der Waals surface area contributed by atoms with Gasteiger partial charge < -0.3 is 14.7 Å². The molecule has 1 aliphatic rings. The average Bonchev–Trinajstić information content (AvgIpc) is 3.40. The van der Waals surface area contributed by atoms with E-state index in [1.165, 1.54) is 10.5 Å². The van der Waals surface area contributed by atoms with Gasteiger partial charge in [-0.3, -0.25) is 0 Å². The summed E-state index contributed by atoms with van der Waals surface area (Å²) >= 11 is 1.57. The molecule has 0 aliphatic heterocycles. The molecule has 1 aromatic heterocycles. The molecule has 6 nitrogen and oxygen atoms in total. The van der Waals surface area contributed by atoms with Crippen LogP contribution in [0.2, 0.25) is 0 Å². The lowest BCUT2D eigenvalue weighted by Gasteiger charge is -2.22. The summed E-state index contributed by atoms with van der Waals surface area (Å²) < 4.78 is 5.71. The van der Waals surface area contributed by atoms with E-state index in [2.05, 4.69) is 17.1 Å². The third kappa shape index (κ3) is 3.99. The minimum Gasteiger partial charge on any atom is -0.490 e. The molecule has 1 amide bonds. The third-order valence-corrected chi connectivity index (χ3v) is 6.57. The molecule has 31 heavy (non-hydrogen) atoms. The van der Waals surface area contributed by atoms with E-state index < -0.39 is 6.09 Å². The molecule has 158 valence electrons. The van der Waals surface area contributed by atoms with E-state index in [1.54, 1.807) is 18.4 Å². The molecule has 1 aliphatic carbocycles. The normalized spacial score (nSPS) is 14.9. The van der Waals surface area contributed by atoms with E-state index in [9.17, 15) is 15.2 Å². The largest absolute Gasteiger partial charge is 0.490 e. The molecule has 1 atom stereocenters. The first kappa shape index (κ1) is 20.9. The Kier molecular flexibility index (Phi) is 5.66. The van der Waals surface area contributed by atoms with Crippen molar-refractivity contribution >= 4 is 17.4 Å². The van der Waals surface area contributed by atoms with Crippen molar-refractivity contribution in [2.45, 2.75) is 38.8 Å². The third-order valence-electron chi connectivity index (χ3n) is 5.49. The van der Waals surface area contributed by atoms with Gasteiger partial charge in [0, 0.05) is 18.8 Å². The van der Waals surface area contributed by atoms with Crippen LogP contribution in [-0.2, 0) is 6.42 Å². The number of ether oxygens (including phenoxy) is 1. The summed E-state index contributed by atoms with van der Waals surface area (Å²) in [5, 5.41) is 19.7. The Morgan fingerprint density at radius 1 is 1.35 bits per heavy atom. The van der Waals surface area contributed by atoms with Crippen molar-refractivity contribution in [1.82, 2.24) is 9.88 Å². The zero-order valence-corrected chi connectivity index (χ0v) is 18.4. The number of hydrogen-bond acceptors (Lipinski definition) is 5. The lowest BCUT2D eigenvalue weighted by atomic mass is 10.0. The molecule has 0 unspecified atom stereocenters. The molecule has 4 rings (SSSR count). The van der Waals surface area contributed by atoms with Gasteiger partial charge >= 0.3 is 6.09 Å². The molecular formula is C24H23N3O3S. The summed E-state index contributed by atoms with van der Waals surface area (Å²) in [6, 6.07) is 13.7. The molecule has 0 spiro atoms. The molecular weight excluding hydrogens is 410 g/mol. The van der Waals surface area contributed by atoms with Crippen molar-refractivity contribution in [3.63, 3.8) is 0 Å². The van der Waals surface area contributed by atoms with Crippen molar-refractivity contribution in [1.29, 1.82) is 5.26 Å². The van der Waals surface area contributed by atoms with Gasteiger partial charge in [-0.1, -0.05) is 18.2 Å². The monoisotopic (exact) mass is 433 g/mol. The van der Waals surface area contributed by atoms with Crippen LogP contribution in [-0.4, -0.2) is 34.2 Å². The van der Waals surface area contributed by atoms with E-state index in [1.807, 2.05) is 50.4 Å². The predicted molar refractivity (Wildman–Crippen MR) is 120 cm³/mol. The Morgan fingerprint density at radius 3 is 2.87 bits per heavy atom. The number of amides is 1. The van der Waals surface area contributed by atoms with E-state index in [0.717, 1.165) is 39.4 Å². The Morgan fingerprint density at radius 2 is 2.16 bits per heavy atom. The number of nitrogens with zero attached hydrogens (tertiary/aromatic N) is 3. The van der Waals surface area contributed by atoms with Crippen LogP contribution in [0, 0.1) is 11.3 Å². The van der Waals surface area contributed by atoms with Crippen LogP contribution in [0.5, 0.6) is 5.75 Å². The summed E-state index contributed by atoms with van der Waals surface area (Å²) in [5.74, 6) is 0.576. The number of aromatic nitrogens is 1. The maximum atomic E-state index is 11.4. The van der Waals surface area contributed by atoms with Gasteiger partial charge in [-0.25, -0.2) is 9.78 Å². The highest BCUT2D eigenvalue weighted by atomic mass is 32.1. The number of carboxylic acid groups (broad SMARTS) is 1. The first-order valence-electron chi connectivity index (χ1n) is 10.1. The Bertz CT molecular complexity index is 1180. The fourth-order valence-corrected chi connectivity index (χ4v) is 5.00. The molecule has 0 fully saturated rings. The van der Waals surface area contributed by atoms with Gasteiger partial charge in [0.25, 0.3) is 0 Å². The van der Waals surface area contributed by atoms with Crippen molar-refractivity contribution in [2.75, 3.05) is 7.05 Å². The maximum absolute atomic E-state index is 11.4. The van der Waals surface area contributed by atoms with Gasteiger partial charge in [0.1, 0.15) is 16.8 Å². The van der Waals surface area contributed by atoms with Crippen molar-refractivity contribution in [3.05, 3.63) is 59.3 Å². The van der Waals surface area contributed by atoms with Gasteiger partial charge in [-0.2, -0.15) is 5.26 Å². The molecule has 1 N–H and O–H groups in total. The molecule has 0 bridgehead atoms. The zero-order valence-electron chi connectivity index (χ0n) is 17.6. The van der Waals surface area contributed by atoms with E-state index in [-0.39, 0.29) is 12.1 Å². The highest BCUT2D eigenvalue weighted by molar-refractivity contribution is 7.18. The molecule has 1 heterocycles. The van der Waals surface area contributed by atoms with Crippen molar-refractivity contribution in [3.8, 4) is 32.8 Å². The predicted octanol–water partition coefficient (Wildman–Crippen LogP) is 5.73. The number of nitriles is 1. The first-order valence-corrected chi connectivity index (χ1v) is 11.0. The van der Waals surface area contributed by atoms with Gasteiger partial charge in [0.05, 0.1) is 22.6 Å². The topological polar surface area (TPSA) is 86.4 Å². The number of thiazole rings is 1. The minimum atomic E-state index is -0.915. The highest BCUT2D eigenvalue weighted by Gasteiger charge is 2.30. The van der Waals surface area contributed by atoms with E-state index in [0.29, 0.717) is 11.3 Å². The number of hydrogen-bond donors (Lipinski definition) is 1.